The first-order valence-electron chi connectivity index (χ1n) is 7.33. The van der Waals surface area contributed by atoms with E-state index in [1.165, 1.54) is 13.8 Å². The van der Waals surface area contributed by atoms with E-state index in [1.54, 1.807) is 30.3 Å². The minimum absolute atomic E-state index is 0.0841. The second-order valence-corrected chi connectivity index (χ2v) is 6.87. The summed E-state index contributed by atoms with van der Waals surface area (Å²) >= 11 is 0. The van der Waals surface area contributed by atoms with Gasteiger partial charge < -0.3 is 18.5 Å². The fraction of sp³-hybridized carbons (Fsp3) is 0.467. The Morgan fingerprint density at radius 3 is 2.08 bits per heavy atom. The van der Waals surface area contributed by atoms with Crippen molar-refractivity contribution in [3.05, 3.63) is 35.9 Å². The number of rotatable bonds is 9. The van der Waals surface area contributed by atoms with E-state index in [2.05, 4.69) is 4.74 Å². The lowest BCUT2D eigenvalue weighted by Crippen LogP contribution is -2.56. The highest BCUT2D eigenvalue weighted by molar-refractivity contribution is 7.58. The lowest BCUT2D eigenvalue weighted by atomic mass is 10.2. The molecule has 2 N–H and O–H groups in total. The Labute approximate surface area is 140 Å². The molecule has 0 radical (unpaired) electrons. The summed E-state index contributed by atoms with van der Waals surface area (Å²) in [5.41, 5.74) is 6.52. The number of carbonyl (C=O) groups excluding carboxylic acids is 2. The zero-order chi connectivity index (χ0) is 18.2. The van der Waals surface area contributed by atoms with Crippen LogP contribution in [0.3, 0.4) is 0 Å². The van der Waals surface area contributed by atoms with Crippen molar-refractivity contribution >= 4 is 19.5 Å². The standard InChI is InChI=1S/C15H22NO7P/c1-4-22-24(19,23-5-2)15(16,13(17)20-3)14(18)21-11-12-9-7-6-8-10-12/h6-10H,4-5,11,16H2,1-3H3/t15-/m1/s1. The molecule has 1 atom stereocenters. The molecular weight excluding hydrogens is 337 g/mol. The molecule has 0 aliphatic carbocycles. The van der Waals surface area contributed by atoms with Crippen molar-refractivity contribution in [3.8, 4) is 0 Å². The molecule has 0 spiro atoms. The Bertz CT molecular complexity index is 597. The summed E-state index contributed by atoms with van der Waals surface area (Å²) in [6.07, 6.45) is 0. The zero-order valence-corrected chi connectivity index (χ0v) is 14.8. The predicted octanol–water partition coefficient (Wildman–Crippen LogP) is 1.82. The summed E-state index contributed by atoms with van der Waals surface area (Å²) in [5.74, 6) is -2.51. The van der Waals surface area contributed by atoms with Gasteiger partial charge in [0.1, 0.15) is 6.61 Å². The fourth-order valence-electron chi connectivity index (χ4n) is 1.88. The number of methoxy groups -OCH3 is 1. The summed E-state index contributed by atoms with van der Waals surface area (Å²) in [6.45, 7) is 2.73. The van der Waals surface area contributed by atoms with Gasteiger partial charge in [-0.15, -0.1) is 0 Å². The summed E-state index contributed by atoms with van der Waals surface area (Å²) in [7, 11) is -3.35. The van der Waals surface area contributed by atoms with Gasteiger partial charge >= 0.3 is 24.8 Å². The lowest BCUT2D eigenvalue weighted by Gasteiger charge is -2.30. The molecule has 24 heavy (non-hydrogen) atoms. The Balaban J connectivity index is 3.11. The average Bonchev–Trinajstić information content (AvgIpc) is 2.59. The van der Waals surface area contributed by atoms with Crippen molar-refractivity contribution in [1.29, 1.82) is 0 Å². The predicted molar refractivity (Wildman–Crippen MR) is 86.0 cm³/mol. The maximum Gasteiger partial charge on any atom is 0.373 e. The van der Waals surface area contributed by atoms with Gasteiger partial charge in [0.05, 0.1) is 20.3 Å². The normalized spacial score (nSPS) is 13.8. The van der Waals surface area contributed by atoms with Crippen molar-refractivity contribution in [2.45, 2.75) is 25.7 Å². The molecule has 0 saturated heterocycles. The monoisotopic (exact) mass is 359 g/mol. The van der Waals surface area contributed by atoms with E-state index in [1.807, 2.05) is 0 Å². The Morgan fingerprint density at radius 1 is 1.08 bits per heavy atom. The lowest BCUT2D eigenvalue weighted by molar-refractivity contribution is -0.159. The van der Waals surface area contributed by atoms with Crippen LogP contribution >= 0.6 is 7.60 Å². The zero-order valence-electron chi connectivity index (χ0n) is 13.9. The van der Waals surface area contributed by atoms with Crippen molar-refractivity contribution in [2.24, 2.45) is 5.73 Å². The minimum atomic E-state index is -4.36. The molecule has 0 fully saturated rings. The van der Waals surface area contributed by atoms with Crippen molar-refractivity contribution in [2.75, 3.05) is 20.3 Å². The highest BCUT2D eigenvalue weighted by Crippen LogP contribution is 2.58. The van der Waals surface area contributed by atoms with Gasteiger partial charge in [0.2, 0.25) is 0 Å². The van der Waals surface area contributed by atoms with Gasteiger partial charge in [0, 0.05) is 0 Å². The Morgan fingerprint density at radius 2 is 1.62 bits per heavy atom. The topological polar surface area (TPSA) is 114 Å². The van der Waals surface area contributed by atoms with Gasteiger partial charge in [-0.05, 0) is 19.4 Å². The van der Waals surface area contributed by atoms with Crippen molar-refractivity contribution in [1.82, 2.24) is 0 Å². The number of carbonyl (C=O) groups is 2. The van der Waals surface area contributed by atoms with Crippen LogP contribution in [0, 0.1) is 0 Å². The van der Waals surface area contributed by atoms with Crippen LogP contribution in [0.15, 0.2) is 30.3 Å². The van der Waals surface area contributed by atoms with Crippen molar-refractivity contribution < 1.29 is 32.7 Å². The molecule has 0 aliphatic heterocycles. The van der Waals surface area contributed by atoms with Crippen LogP contribution in [-0.2, 0) is 39.3 Å². The number of benzene rings is 1. The summed E-state index contributed by atoms with van der Waals surface area (Å²) in [4.78, 5) is 24.6. The van der Waals surface area contributed by atoms with Gasteiger partial charge in [-0.25, -0.2) is 9.59 Å². The summed E-state index contributed by atoms with van der Waals surface area (Å²) in [6, 6.07) is 8.74. The molecule has 0 saturated carbocycles. The van der Waals surface area contributed by atoms with Gasteiger partial charge in [0.15, 0.2) is 0 Å². The summed E-state index contributed by atoms with van der Waals surface area (Å²) < 4.78 is 32.6. The average molecular weight is 359 g/mol. The van der Waals surface area contributed by atoms with Crippen LogP contribution in [0.1, 0.15) is 19.4 Å². The number of nitrogens with two attached hydrogens (primary N) is 1. The Kier molecular flexibility index (Phi) is 7.57. The Hall–Kier alpha value is -1.73. The molecular formula is C15H22NO7P. The minimum Gasteiger partial charge on any atom is -0.467 e. The molecule has 0 amide bonds. The molecule has 1 aromatic carbocycles. The smallest absolute Gasteiger partial charge is 0.373 e. The van der Waals surface area contributed by atoms with Crippen LogP contribution in [0.25, 0.3) is 0 Å². The first-order chi connectivity index (χ1) is 11.4. The molecule has 1 aromatic rings. The number of ether oxygens (including phenoxy) is 2. The van der Waals surface area contributed by atoms with Crippen LogP contribution in [0.2, 0.25) is 0 Å². The number of esters is 2. The van der Waals surface area contributed by atoms with E-state index in [4.69, 9.17) is 19.5 Å². The van der Waals surface area contributed by atoms with Crippen LogP contribution in [0.5, 0.6) is 0 Å². The van der Waals surface area contributed by atoms with Gasteiger partial charge in [0.25, 0.3) is 0 Å². The third-order valence-electron chi connectivity index (χ3n) is 3.05. The molecule has 0 bridgehead atoms. The molecule has 0 unspecified atom stereocenters. The molecule has 1 rings (SSSR count). The largest absolute Gasteiger partial charge is 0.467 e. The quantitative estimate of drug-likeness (QED) is 0.403. The third-order valence-corrected chi connectivity index (χ3v) is 5.48. The molecule has 0 aliphatic rings. The van der Waals surface area contributed by atoms with E-state index in [-0.39, 0.29) is 19.8 Å². The van der Waals surface area contributed by atoms with E-state index in [9.17, 15) is 14.2 Å². The first-order valence-corrected chi connectivity index (χ1v) is 8.87. The van der Waals surface area contributed by atoms with Crippen LogP contribution < -0.4 is 5.73 Å². The van der Waals surface area contributed by atoms with Crippen molar-refractivity contribution in [3.63, 3.8) is 0 Å². The van der Waals surface area contributed by atoms with Crippen LogP contribution in [-0.4, -0.2) is 37.5 Å². The summed E-state index contributed by atoms with van der Waals surface area (Å²) in [5, 5.41) is -2.71. The molecule has 9 heteroatoms. The molecule has 0 heterocycles. The van der Waals surface area contributed by atoms with E-state index in [0.29, 0.717) is 5.56 Å². The fourth-order valence-corrected chi connectivity index (χ4v) is 3.64. The second kappa shape index (κ2) is 8.94. The maximum atomic E-state index is 12.9. The van der Waals surface area contributed by atoms with Gasteiger partial charge in [-0.3, -0.25) is 10.3 Å². The maximum absolute atomic E-state index is 12.9. The number of hydrogen-bond acceptors (Lipinski definition) is 8. The van der Waals surface area contributed by atoms with E-state index >= 15 is 0 Å². The highest BCUT2D eigenvalue weighted by atomic mass is 31.2. The molecule has 8 nitrogen and oxygen atoms in total. The highest BCUT2D eigenvalue weighted by Gasteiger charge is 2.63. The van der Waals surface area contributed by atoms with Gasteiger partial charge in [-0.1, -0.05) is 30.3 Å². The first kappa shape index (κ1) is 20.3. The molecule has 134 valence electrons. The SMILES string of the molecule is CCOP(=O)(OCC)[C@](N)(C(=O)OC)C(=O)OCc1ccccc1. The van der Waals surface area contributed by atoms with Crippen LogP contribution in [0.4, 0.5) is 0 Å². The number of hydrogen-bond donors (Lipinski definition) is 1. The van der Waals surface area contributed by atoms with Gasteiger partial charge in [-0.2, -0.15) is 0 Å². The van der Waals surface area contributed by atoms with E-state index in [0.717, 1.165) is 7.11 Å². The molecule has 0 aromatic heterocycles. The second-order valence-electron chi connectivity index (χ2n) is 4.65. The third kappa shape index (κ3) is 4.21. The van der Waals surface area contributed by atoms with E-state index < -0.39 is 24.8 Å².